The zero-order valence-electron chi connectivity index (χ0n) is 8.61. The van der Waals surface area contributed by atoms with Crippen LogP contribution in [-0.4, -0.2) is 11.5 Å². The van der Waals surface area contributed by atoms with Gasteiger partial charge in [-0.1, -0.05) is 0 Å². The molecule has 0 spiro atoms. The summed E-state index contributed by atoms with van der Waals surface area (Å²) in [6.45, 7) is 0.841. The van der Waals surface area contributed by atoms with E-state index in [-0.39, 0.29) is 0 Å². The second-order valence-corrected chi connectivity index (χ2v) is 5.87. The lowest BCUT2D eigenvalue weighted by molar-refractivity contribution is 1.03. The molecule has 0 fully saturated rings. The van der Waals surface area contributed by atoms with E-state index in [0.717, 1.165) is 18.8 Å². The van der Waals surface area contributed by atoms with Crippen LogP contribution in [0.1, 0.15) is 4.88 Å². The van der Waals surface area contributed by atoms with Gasteiger partial charge in [0, 0.05) is 17.6 Å². The number of nitrogens with zero attached hydrogens (tertiary/aromatic N) is 1. The van der Waals surface area contributed by atoms with E-state index < -0.39 is 0 Å². The molecular formula is C11H12BrN3S. The van der Waals surface area contributed by atoms with Crippen LogP contribution in [-0.2, 0) is 6.42 Å². The van der Waals surface area contributed by atoms with Crippen molar-refractivity contribution in [1.29, 1.82) is 0 Å². The molecule has 2 aromatic rings. The number of hydrogen-bond donors (Lipinski definition) is 2. The SMILES string of the molecule is Nc1cccnc1NCCc1ccc(Br)s1. The molecule has 0 aromatic carbocycles. The molecule has 0 aliphatic carbocycles. The maximum Gasteiger partial charge on any atom is 0.149 e. The minimum atomic E-state index is 0.690. The lowest BCUT2D eigenvalue weighted by atomic mass is 10.3. The summed E-state index contributed by atoms with van der Waals surface area (Å²) < 4.78 is 1.17. The molecule has 0 atom stereocenters. The third-order valence-corrected chi connectivity index (χ3v) is 3.82. The van der Waals surface area contributed by atoms with Gasteiger partial charge in [-0.3, -0.25) is 0 Å². The molecular weight excluding hydrogens is 286 g/mol. The van der Waals surface area contributed by atoms with Crippen LogP contribution in [0, 0.1) is 0 Å². The van der Waals surface area contributed by atoms with Crippen molar-refractivity contribution >= 4 is 38.8 Å². The van der Waals surface area contributed by atoms with E-state index in [1.807, 2.05) is 12.1 Å². The zero-order valence-corrected chi connectivity index (χ0v) is 11.0. The quantitative estimate of drug-likeness (QED) is 0.911. The van der Waals surface area contributed by atoms with Crippen molar-refractivity contribution in [1.82, 2.24) is 4.98 Å². The summed E-state index contributed by atoms with van der Waals surface area (Å²) in [5, 5.41) is 3.23. The number of rotatable bonds is 4. The fourth-order valence-electron chi connectivity index (χ4n) is 1.36. The van der Waals surface area contributed by atoms with Gasteiger partial charge < -0.3 is 11.1 Å². The fraction of sp³-hybridized carbons (Fsp3) is 0.182. The summed E-state index contributed by atoms with van der Waals surface area (Å²) in [6, 6.07) is 7.86. The average Bonchev–Trinajstić information content (AvgIpc) is 2.67. The van der Waals surface area contributed by atoms with E-state index >= 15 is 0 Å². The first-order valence-electron chi connectivity index (χ1n) is 4.94. The normalized spacial score (nSPS) is 10.3. The molecule has 0 aliphatic heterocycles. The minimum Gasteiger partial charge on any atom is -0.396 e. The van der Waals surface area contributed by atoms with Gasteiger partial charge in [0.1, 0.15) is 5.82 Å². The van der Waals surface area contributed by atoms with Gasteiger partial charge in [-0.2, -0.15) is 0 Å². The Kier molecular flexibility index (Phi) is 3.79. The van der Waals surface area contributed by atoms with E-state index in [2.05, 4.69) is 38.4 Å². The van der Waals surface area contributed by atoms with Crippen molar-refractivity contribution in [3.05, 3.63) is 39.1 Å². The van der Waals surface area contributed by atoms with Gasteiger partial charge in [-0.05, 0) is 46.6 Å². The Morgan fingerprint density at radius 3 is 2.94 bits per heavy atom. The highest BCUT2D eigenvalue weighted by Crippen LogP contribution is 2.22. The molecule has 3 N–H and O–H groups in total. The second-order valence-electron chi connectivity index (χ2n) is 3.32. The molecule has 0 amide bonds. The number of anilines is 2. The maximum atomic E-state index is 5.77. The largest absolute Gasteiger partial charge is 0.396 e. The van der Waals surface area contributed by atoms with Crippen LogP contribution in [0.2, 0.25) is 0 Å². The van der Waals surface area contributed by atoms with E-state index in [0.29, 0.717) is 5.69 Å². The molecule has 84 valence electrons. The highest BCUT2D eigenvalue weighted by molar-refractivity contribution is 9.11. The van der Waals surface area contributed by atoms with Gasteiger partial charge in [0.25, 0.3) is 0 Å². The maximum absolute atomic E-state index is 5.77. The lowest BCUT2D eigenvalue weighted by Crippen LogP contribution is -2.07. The summed E-state index contributed by atoms with van der Waals surface area (Å²) in [4.78, 5) is 5.51. The van der Waals surface area contributed by atoms with Crippen LogP contribution in [0.15, 0.2) is 34.2 Å². The predicted octanol–water partition coefficient (Wildman–Crippen LogP) is 3.14. The van der Waals surface area contributed by atoms with E-state index in [1.54, 1.807) is 17.5 Å². The number of thiophene rings is 1. The van der Waals surface area contributed by atoms with E-state index in [1.165, 1.54) is 8.66 Å². The first-order chi connectivity index (χ1) is 7.75. The number of nitrogens with two attached hydrogens (primary N) is 1. The van der Waals surface area contributed by atoms with Crippen molar-refractivity contribution in [2.24, 2.45) is 0 Å². The van der Waals surface area contributed by atoms with Crippen molar-refractivity contribution < 1.29 is 0 Å². The third-order valence-electron chi connectivity index (χ3n) is 2.13. The molecule has 2 aromatic heterocycles. The molecule has 2 heterocycles. The van der Waals surface area contributed by atoms with Crippen molar-refractivity contribution in [2.45, 2.75) is 6.42 Å². The number of hydrogen-bond acceptors (Lipinski definition) is 4. The van der Waals surface area contributed by atoms with Crippen molar-refractivity contribution in [3.8, 4) is 0 Å². The predicted molar refractivity (Wildman–Crippen MR) is 72.9 cm³/mol. The van der Waals surface area contributed by atoms with Gasteiger partial charge >= 0.3 is 0 Å². The Hall–Kier alpha value is -1.07. The zero-order chi connectivity index (χ0) is 11.4. The summed E-state index contributed by atoms with van der Waals surface area (Å²) >= 11 is 5.20. The van der Waals surface area contributed by atoms with Crippen LogP contribution in [0.4, 0.5) is 11.5 Å². The summed E-state index contributed by atoms with van der Waals surface area (Å²) in [7, 11) is 0. The van der Waals surface area contributed by atoms with Crippen LogP contribution in [0.3, 0.4) is 0 Å². The second kappa shape index (κ2) is 5.32. The number of aromatic nitrogens is 1. The highest BCUT2D eigenvalue weighted by atomic mass is 79.9. The molecule has 0 aliphatic rings. The highest BCUT2D eigenvalue weighted by Gasteiger charge is 2.00. The lowest BCUT2D eigenvalue weighted by Gasteiger charge is -2.06. The van der Waals surface area contributed by atoms with Gasteiger partial charge in [0.15, 0.2) is 0 Å². The summed E-state index contributed by atoms with van der Waals surface area (Å²) in [6.07, 6.45) is 2.71. The van der Waals surface area contributed by atoms with Gasteiger partial charge in [0.05, 0.1) is 9.47 Å². The standard InChI is InChI=1S/C11H12BrN3S/c12-10-4-3-8(16-10)5-7-15-11-9(13)2-1-6-14-11/h1-4,6H,5,7,13H2,(H,14,15). The molecule has 16 heavy (non-hydrogen) atoms. The monoisotopic (exact) mass is 297 g/mol. The van der Waals surface area contributed by atoms with Crippen LogP contribution < -0.4 is 11.1 Å². The fourth-order valence-corrected chi connectivity index (χ4v) is 2.84. The molecule has 0 unspecified atom stereocenters. The Balaban J connectivity index is 1.87. The van der Waals surface area contributed by atoms with Crippen LogP contribution in [0.25, 0.3) is 0 Å². The Labute approximate surface area is 107 Å². The van der Waals surface area contributed by atoms with Gasteiger partial charge in [0.2, 0.25) is 0 Å². The Morgan fingerprint density at radius 2 is 2.25 bits per heavy atom. The average molecular weight is 298 g/mol. The molecule has 2 rings (SSSR count). The molecule has 0 bridgehead atoms. The Bertz CT molecular complexity index is 470. The van der Waals surface area contributed by atoms with Gasteiger partial charge in [-0.15, -0.1) is 11.3 Å². The number of nitrogens with one attached hydrogen (secondary N) is 1. The smallest absolute Gasteiger partial charge is 0.149 e. The topological polar surface area (TPSA) is 50.9 Å². The molecule has 0 saturated carbocycles. The number of pyridine rings is 1. The Morgan fingerprint density at radius 1 is 1.38 bits per heavy atom. The van der Waals surface area contributed by atoms with Crippen molar-refractivity contribution in [3.63, 3.8) is 0 Å². The summed E-state index contributed by atoms with van der Waals surface area (Å²) in [5.74, 6) is 0.762. The summed E-state index contributed by atoms with van der Waals surface area (Å²) in [5.41, 5.74) is 6.46. The molecule has 0 radical (unpaired) electrons. The third kappa shape index (κ3) is 2.96. The van der Waals surface area contributed by atoms with Crippen LogP contribution >= 0.6 is 27.3 Å². The van der Waals surface area contributed by atoms with E-state index in [4.69, 9.17) is 5.73 Å². The minimum absolute atomic E-state index is 0.690. The van der Waals surface area contributed by atoms with Crippen molar-refractivity contribution in [2.75, 3.05) is 17.6 Å². The first kappa shape index (κ1) is 11.4. The molecule has 3 nitrogen and oxygen atoms in total. The molecule has 5 heteroatoms. The van der Waals surface area contributed by atoms with Gasteiger partial charge in [-0.25, -0.2) is 4.98 Å². The first-order valence-corrected chi connectivity index (χ1v) is 6.55. The molecule has 0 saturated heterocycles. The van der Waals surface area contributed by atoms with Crippen LogP contribution in [0.5, 0.6) is 0 Å². The number of nitrogen functional groups attached to an aromatic ring is 1. The number of halogens is 1. The van der Waals surface area contributed by atoms with E-state index in [9.17, 15) is 0 Å².